The van der Waals surface area contributed by atoms with Crippen molar-refractivity contribution in [2.24, 2.45) is 0 Å². The molecule has 3 rings (SSSR count). The largest absolute Gasteiger partial charge is 0.481 e. The molecular formula is C21H27N2O4S+. The summed E-state index contributed by atoms with van der Waals surface area (Å²) >= 11 is 0. The molecule has 0 saturated carbocycles. The van der Waals surface area contributed by atoms with Crippen LogP contribution in [-0.2, 0) is 21.2 Å². The van der Waals surface area contributed by atoms with Crippen LogP contribution in [0.25, 0.3) is 0 Å². The number of hydrogen-bond acceptors (Lipinski definition) is 3. The van der Waals surface area contributed by atoms with Gasteiger partial charge < -0.3 is 10.0 Å². The third-order valence-electron chi connectivity index (χ3n) is 5.31. The van der Waals surface area contributed by atoms with Gasteiger partial charge in [0.2, 0.25) is 10.0 Å². The maximum Gasteiger partial charge on any atom is 0.307 e. The van der Waals surface area contributed by atoms with Crippen LogP contribution in [0.5, 0.6) is 0 Å². The summed E-state index contributed by atoms with van der Waals surface area (Å²) in [6, 6.07) is 11.2. The molecule has 7 heteroatoms. The van der Waals surface area contributed by atoms with E-state index in [1.165, 1.54) is 32.1 Å². The second-order valence-electron chi connectivity index (χ2n) is 7.50. The quantitative estimate of drug-likeness (QED) is 0.792. The molecule has 0 unspecified atom stereocenters. The van der Waals surface area contributed by atoms with Gasteiger partial charge in [-0.2, -0.15) is 4.31 Å². The lowest BCUT2D eigenvalue weighted by molar-refractivity contribution is -0.837. The average Bonchev–Trinajstić information content (AvgIpc) is 2.63. The monoisotopic (exact) mass is 403 g/mol. The molecule has 0 bridgehead atoms. The normalized spacial score (nSPS) is 16.2. The number of benzene rings is 2. The third-order valence-corrected chi connectivity index (χ3v) is 7.36. The smallest absolute Gasteiger partial charge is 0.307 e. The fourth-order valence-electron chi connectivity index (χ4n) is 3.82. The van der Waals surface area contributed by atoms with E-state index in [4.69, 9.17) is 5.11 Å². The summed E-state index contributed by atoms with van der Waals surface area (Å²) < 4.78 is 27.9. The van der Waals surface area contributed by atoms with Gasteiger partial charge in [0.1, 0.15) is 5.69 Å². The average molecular weight is 404 g/mol. The Labute approximate surface area is 166 Å². The predicted octanol–water partition coefficient (Wildman–Crippen LogP) is 1.46. The number of hydrogen-bond donors (Lipinski definition) is 2. The molecule has 0 radical (unpaired) electrons. The Bertz CT molecular complexity index is 993. The molecule has 0 aliphatic carbocycles. The fourth-order valence-corrected chi connectivity index (χ4v) is 5.54. The Morgan fingerprint density at radius 2 is 1.71 bits per heavy atom. The van der Waals surface area contributed by atoms with Gasteiger partial charge in [-0.15, -0.1) is 0 Å². The first-order chi connectivity index (χ1) is 13.2. The molecule has 150 valence electrons. The van der Waals surface area contributed by atoms with Gasteiger partial charge in [0, 0.05) is 5.56 Å². The van der Waals surface area contributed by atoms with Crippen molar-refractivity contribution in [2.75, 3.05) is 26.2 Å². The number of nitrogens with one attached hydrogen (secondary N) is 1. The molecule has 0 aromatic heterocycles. The van der Waals surface area contributed by atoms with E-state index in [0.29, 0.717) is 37.3 Å². The number of carboxylic acids is 1. The van der Waals surface area contributed by atoms with Crippen LogP contribution >= 0.6 is 0 Å². The van der Waals surface area contributed by atoms with Crippen LogP contribution in [0.1, 0.15) is 22.3 Å². The van der Waals surface area contributed by atoms with Gasteiger partial charge in [0.25, 0.3) is 0 Å². The van der Waals surface area contributed by atoms with Gasteiger partial charge >= 0.3 is 5.97 Å². The Morgan fingerprint density at radius 1 is 1.04 bits per heavy atom. The number of aryl methyl sites for hydroxylation is 3. The molecule has 6 nitrogen and oxygen atoms in total. The van der Waals surface area contributed by atoms with Crippen molar-refractivity contribution in [2.45, 2.75) is 32.1 Å². The standard InChI is InChI=1S/C21H26N2O4S/c1-15-4-7-19(17(3)12-15)22-8-10-23(11-9-22)28(26,27)20-13-18(14-21(24)25)6-5-16(20)2/h4-7,12-13H,8-11,14H2,1-3H3,(H,24,25)/p+1. The summed E-state index contributed by atoms with van der Waals surface area (Å²) in [6.07, 6.45) is -0.187. The van der Waals surface area contributed by atoms with Crippen LogP contribution in [-0.4, -0.2) is 50.0 Å². The number of carbonyl (C=O) groups is 1. The van der Waals surface area contributed by atoms with E-state index in [9.17, 15) is 13.2 Å². The summed E-state index contributed by atoms with van der Waals surface area (Å²) in [5.41, 5.74) is 4.80. The highest BCUT2D eigenvalue weighted by Gasteiger charge is 2.32. The van der Waals surface area contributed by atoms with Gasteiger partial charge in [-0.3, -0.25) is 4.79 Å². The molecule has 1 saturated heterocycles. The summed E-state index contributed by atoms with van der Waals surface area (Å²) in [4.78, 5) is 12.5. The van der Waals surface area contributed by atoms with Gasteiger partial charge in [-0.25, -0.2) is 8.42 Å². The highest BCUT2D eigenvalue weighted by molar-refractivity contribution is 7.89. The van der Waals surface area contributed by atoms with E-state index in [-0.39, 0.29) is 11.3 Å². The Hall–Kier alpha value is -2.22. The predicted molar refractivity (Wildman–Crippen MR) is 108 cm³/mol. The van der Waals surface area contributed by atoms with E-state index in [0.717, 1.165) is 0 Å². The fraction of sp³-hybridized carbons (Fsp3) is 0.381. The molecule has 1 fully saturated rings. The van der Waals surface area contributed by atoms with E-state index in [2.05, 4.69) is 32.0 Å². The second-order valence-corrected chi connectivity index (χ2v) is 9.40. The zero-order valence-corrected chi connectivity index (χ0v) is 17.3. The highest BCUT2D eigenvalue weighted by Crippen LogP contribution is 2.22. The molecule has 2 aromatic rings. The molecule has 2 aromatic carbocycles. The summed E-state index contributed by atoms with van der Waals surface area (Å²) in [5.74, 6) is -0.974. The van der Waals surface area contributed by atoms with Crippen LogP contribution in [0.15, 0.2) is 41.3 Å². The molecule has 2 N–H and O–H groups in total. The SMILES string of the molecule is Cc1ccc([NH+]2CCN(S(=O)(=O)c3cc(CC(=O)O)ccc3C)CC2)c(C)c1. The molecular weight excluding hydrogens is 376 g/mol. The lowest BCUT2D eigenvalue weighted by Gasteiger charge is -2.32. The Kier molecular flexibility index (Phi) is 5.88. The number of quaternary nitrogens is 1. The van der Waals surface area contributed by atoms with E-state index >= 15 is 0 Å². The number of aliphatic carboxylic acids is 1. The van der Waals surface area contributed by atoms with Gasteiger partial charge in [0.15, 0.2) is 0 Å². The van der Waals surface area contributed by atoms with Crippen LogP contribution in [0.4, 0.5) is 5.69 Å². The van der Waals surface area contributed by atoms with Gasteiger partial charge in [0.05, 0.1) is 37.5 Å². The zero-order valence-electron chi connectivity index (χ0n) is 16.5. The number of piperazine rings is 1. The van der Waals surface area contributed by atoms with Crippen LogP contribution in [0, 0.1) is 20.8 Å². The van der Waals surface area contributed by atoms with Crippen molar-refractivity contribution >= 4 is 21.7 Å². The first kappa shape index (κ1) is 20.5. The summed E-state index contributed by atoms with van der Waals surface area (Å²) in [5, 5.41) is 8.99. The first-order valence-corrected chi connectivity index (χ1v) is 10.9. The van der Waals surface area contributed by atoms with E-state index in [1.54, 1.807) is 19.1 Å². The highest BCUT2D eigenvalue weighted by atomic mass is 32.2. The van der Waals surface area contributed by atoms with Crippen molar-refractivity contribution in [3.8, 4) is 0 Å². The molecule has 1 heterocycles. The maximum absolute atomic E-state index is 13.2. The first-order valence-electron chi connectivity index (χ1n) is 9.42. The van der Waals surface area contributed by atoms with Crippen LogP contribution < -0.4 is 4.90 Å². The molecule has 1 aliphatic rings. The number of carboxylic acid groups (broad SMARTS) is 1. The summed E-state index contributed by atoms with van der Waals surface area (Å²) in [6.45, 7) is 8.19. The summed E-state index contributed by atoms with van der Waals surface area (Å²) in [7, 11) is -3.65. The minimum Gasteiger partial charge on any atom is -0.481 e. The van der Waals surface area contributed by atoms with Crippen molar-refractivity contribution in [1.82, 2.24) is 4.31 Å². The van der Waals surface area contributed by atoms with Crippen molar-refractivity contribution in [3.05, 3.63) is 58.7 Å². The Balaban J connectivity index is 1.79. The molecule has 1 aliphatic heterocycles. The van der Waals surface area contributed by atoms with Crippen molar-refractivity contribution in [3.63, 3.8) is 0 Å². The number of nitrogens with zero attached hydrogens (tertiary/aromatic N) is 1. The second kappa shape index (κ2) is 8.03. The lowest BCUT2D eigenvalue weighted by atomic mass is 10.1. The Morgan fingerprint density at radius 3 is 2.32 bits per heavy atom. The third kappa shape index (κ3) is 4.27. The van der Waals surface area contributed by atoms with Crippen molar-refractivity contribution in [1.29, 1.82) is 0 Å². The number of sulfonamides is 1. The topological polar surface area (TPSA) is 79.1 Å². The molecule has 0 spiro atoms. The molecule has 0 amide bonds. The number of rotatable bonds is 5. The lowest BCUT2D eigenvalue weighted by Crippen LogP contribution is -3.10. The van der Waals surface area contributed by atoms with E-state index < -0.39 is 16.0 Å². The van der Waals surface area contributed by atoms with Crippen LogP contribution in [0.2, 0.25) is 0 Å². The minimum atomic E-state index is -3.65. The zero-order chi connectivity index (χ0) is 20.5. The van der Waals surface area contributed by atoms with Crippen molar-refractivity contribution < 1.29 is 23.2 Å². The minimum absolute atomic E-state index is 0.187. The van der Waals surface area contributed by atoms with Crippen LogP contribution in [0.3, 0.4) is 0 Å². The molecule has 0 atom stereocenters. The molecule has 28 heavy (non-hydrogen) atoms. The van der Waals surface area contributed by atoms with E-state index in [1.807, 2.05) is 0 Å². The van der Waals surface area contributed by atoms with Gasteiger partial charge in [-0.05, 0) is 44.0 Å². The maximum atomic E-state index is 13.2. The van der Waals surface area contributed by atoms with Gasteiger partial charge in [-0.1, -0.05) is 29.8 Å².